The average Bonchev–Trinajstić information content (AvgIpc) is 2.84. The summed E-state index contributed by atoms with van der Waals surface area (Å²) in [5.74, 6) is 0.717. The molecule has 34 heavy (non-hydrogen) atoms. The van der Waals surface area contributed by atoms with Gasteiger partial charge in [0.05, 0.1) is 4.92 Å². The van der Waals surface area contributed by atoms with Crippen LogP contribution in [0.15, 0.2) is 18.3 Å². The van der Waals surface area contributed by atoms with Gasteiger partial charge in [0, 0.05) is 12.6 Å². The first-order valence-corrected chi connectivity index (χ1v) is 14.6. The lowest BCUT2D eigenvalue weighted by Gasteiger charge is -2.05. The Kier molecular flexibility index (Phi) is 20.6. The van der Waals surface area contributed by atoms with E-state index in [4.69, 9.17) is 0 Å². The molecule has 0 bridgehead atoms. The van der Waals surface area contributed by atoms with Gasteiger partial charge < -0.3 is 5.32 Å². The Morgan fingerprint density at radius 2 is 1.03 bits per heavy atom. The van der Waals surface area contributed by atoms with Crippen LogP contribution in [0.1, 0.15) is 148 Å². The Morgan fingerprint density at radius 1 is 0.647 bits per heavy atom. The summed E-state index contributed by atoms with van der Waals surface area (Å²) in [6.07, 6.45) is 32.1. The summed E-state index contributed by atoms with van der Waals surface area (Å²) in [4.78, 5) is 14.3. The van der Waals surface area contributed by atoms with Crippen molar-refractivity contribution in [3.05, 3.63) is 28.4 Å². The lowest BCUT2D eigenvalue weighted by molar-refractivity contribution is -0.385. The third-order valence-electron chi connectivity index (χ3n) is 6.80. The Labute approximate surface area is 210 Å². The Morgan fingerprint density at radius 3 is 1.35 bits per heavy atom. The summed E-state index contributed by atoms with van der Waals surface area (Å²) in [6, 6.07) is 3.17. The van der Waals surface area contributed by atoms with Crippen molar-refractivity contribution in [2.75, 3.05) is 11.9 Å². The minimum atomic E-state index is -0.420. The summed E-state index contributed by atoms with van der Waals surface area (Å²) < 4.78 is 0. The van der Waals surface area contributed by atoms with E-state index < -0.39 is 4.92 Å². The maximum absolute atomic E-state index is 10.6. The van der Waals surface area contributed by atoms with Crippen LogP contribution in [0.4, 0.5) is 11.5 Å². The van der Waals surface area contributed by atoms with Crippen molar-refractivity contribution < 1.29 is 4.92 Å². The monoisotopic (exact) mass is 475 g/mol. The van der Waals surface area contributed by atoms with Crippen molar-refractivity contribution in [2.24, 2.45) is 0 Å². The number of aromatic nitrogens is 1. The number of hydrogen-bond acceptors (Lipinski definition) is 4. The van der Waals surface area contributed by atoms with Gasteiger partial charge in [0.15, 0.2) is 0 Å². The largest absolute Gasteiger partial charge is 0.370 e. The molecular formula is C29H53N3O2. The third kappa shape index (κ3) is 18.7. The van der Waals surface area contributed by atoms with Gasteiger partial charge in [-0.15, -0.1) is 0 Å². The fourth-order valence-electron chi connectivity index (χ4n) is 4.55. The number of pyridine rings is 1. The first-order valence-electron chi connectivity index (χ1n) is 14.6. The molecule has 5 heteroatoms. The summed E-state index contributed by atoms with van der Waals surface area (Å²) in [6.45, 7) is 3.17. The van der Waals surface area contributed by atoms with Gasteiger partial charge in [-0.25, -0.2) is 4.98 Å². The lowest BCUT2D eigenvalue weighted by atomic mass is 10.0. The maximum Gasteiger partial charge on any atom is 0.287 e. The van der Waals surface area contributed by atoms with E-state index in [-0.39, 0.29) is 5.69 Å². The maximum atomic E-state index is 10.6. The van der Waals surface area contributed by atoms with Crippen molar-refractivity contribution >= 4 is 11.5 Å². The Bertz CT molecular complexity index is 577. The minimum Gasteiger partial charge on any atom is -0.370 e. The fraction of sp³-hybridized carbons (Fsp3) is 0.828. The molecule has 0 aliphatic rings. The molecule has 196 valence electrons. The van der Waals surface area contributed by atoms with Gasteiger partial charge in [0.2, 0.25) is 0 Å². The number of anilines is 1. The Hall–Kier alpha value is -1.65. The minimum absolute atomic E-state index is 0.0369. The second-order valence-corrected chi connectivity index (χ2v) is 10.0. The van der Waals surface area contributed by atoms with Crippen LogP contribution < -0.4 is 5.32 Å². The average molecular weight is 476 g/mol. The fourth-order valence-corrected chi connectivity index (χ4v) is 4.55. The molecule has 0 atom stereocenters. The van der Waals surface area contributed by atoms with Gasteiger partial charge in [-0.3, -0.25) is 10.1 Å². The van der Waals surface area contributed by atoms with E-state index in [1.165, 1.54) is 147 Å². The van der Waals surface area contributed by atoms with E-state index in [1.807, 2.05) is 0 Å². The highest BCUT2D eigenvalue weighted by atomic mass is 16.6. The van der Waals surface area contributed by atoms with Gasteiger partial charge in [0.25, 0.3) is 5.69 Å². The number of nitro groups is 1. The van der Waals surface area contributed by atoms with E-state index in [9.17, 15) is 10.1 Å². The molecule has 1 aromatic rings. The van der Waals surface area contributed by atoms with Crippen molar-refractivity contribution in [3.63, 3.8) is 0 Å². The number of unbranched alkanes of at least 4 members (excludes halogenated alkanes) is 21. The molecular weight excluding hydrogens is 422 g/mol. The second kappa shape index (κ2) is 23.1. The van der Waals surface area contributed by atoms with E-state index in [1.54, 1.807) is 6.07 Å². The van der Waals surface area contributed by atoms with Crippen molar-refractivity contribution in [3.8, 4) is 0 Å². The molecule has 0 aromatic carbocycles. The van der Waals surface area contributed by atoms with Gasteiger partial charge in [-0.1, -0.05) is 142 Å². The van der Waals surface area contributed by atoms with Gasteiger partial charge in [0.1, 0.15) is 12.0 Å². The highest BCUT2D eigenvalue weighted by Gasteiger charge is 2.04. The molecule has 0 fully saturated rings. The number of hydrogen-bond donors (Lipinski definition) is 1. The number of nitrogens with one attached hydrogen (secondary N) is 1. The van der Waals surface area contributed by atoms with Crippen LogP contribution in [0, 0.1) is 10.1 Å². The predicted molar refractivity (Wildman–Crippen MR) is 147 cm³/mol. The highest BCUT2D eigenvalue weighted by Crippen LogP contribution is 2.16. The molecule has 0 radical (unpaired) electrons. The van der Waals surface area contributed by atoms with E-state index in [0.29, 0.717) is 5.82 Å². The first kappa shape index (κ1) is 30.4. The molecule has 1 heterocycles. The molecule has 1 N–H and O–H groups in total. The molecule has 0 unspecified atom stereocenters. The lowest BCUT2D eigenvalue weighted by Crippen LogP contribution is -2.03. The number of rotatable bonds is 25. The van der Waals surface area contributed by atoms with Crippen LogP contribution >= 0.6 is 0 Å². The first-order chi connectivity index (χ1) is 16.7. The molecule has 1 rings (SSSR count). The molecule has 0 saturated heterocycles. The smallest absolute Gasteiger partial charge is 0.287 e. The van der Waals surface area contributed by atoms with Crippen LogP contribution in [0.25, 0.3) is 0 Å². The zero-order chi connectivity index (χ0) is 24.5. The van der Waals surface area contributed by atoms with Crippen LogP contribution in [0.3, 0.4) is 0 Å². The van der Waals surface area contributed by atoms with Crippen LogP contribution in [0.5, 0.6) is 0 Å². The van der Waals surface area contributed by atoms with Crippen molar-refractivity contribution in [1.29, 1.82) is 0 Å². The number of nitrogens with zero attached hydrogens (tertiary/aromatic N) is 2. The molecule has 0 aliphatic heterocycles. The quantitative estimate of drug-likeness (QED) is 0.0867. The zero-order valence-corrected chi connectivity index (χ0v) is 22.2. The topological polar surface area (TPSA) is 68.1 Å². The normalized spacial score (nSPS) is 11.1. The van der Waals surface area contributed by atoms with Gasteiger partial charge >= 0.3 is 0 Å². The highest BCUT2D eigenvalue weighted by molar-refractivity contribution is 5.39. The summed E-state index contributed by atoms with van der Waals surface area (Å²) in [7, 11) is 0. The van der Waals surface area contributed by atoms with E-state index in [2.05, 4.69) is 17.2 Å². The molecule has 0 amide bonds. The summed E-state index contributed by atoms with van der Waals surface area (Å²) in [5.41, 5.74) is 0.0369. The van der Waals surface area contributed by atoms with Crippen LogP contribution in [-0.4, -0.2) is 16.5 Å². The molecule has 0 aliphatic carbocycles. The standard InChI is InChI=1S/C29H53N3O2/c1-2-3-4-5-6-7-8-9-10-11-12-13-14-15-16-17-18-19-20-21-22-23-26-30-29-25-24-28(27-31-29)32(33)34/h24-25,27H,2-23,26H2,1H3,(H,30,31). The SMILES string of the molecule is CCCCCCCCCCCCCCCCCCCCCCCCNc1ccc([N+](=O)[O-])cn1. The molecule has 1 aromatic heterocycles. The molecule has 0 spiro atoms. The van der Waals surface area contributed by atoms with Gasteiger partial charge in [-0.05, 0) is 12.5 Å². The molecule has 0 saturated carbocycles. The summed E-state index contributed by atoms with van der Waals surface area (Å²) in [5, 5.41) is 13.9. The predicted octanol–water partition coefficient (Wildman–Crippen LogP) is 10.0. The second-order valence-electron chi connectivity index (χ2n) is 10.0. The van der Waals surface area contributed by atoms with Crippen LogP contribution in [-0.2, 0) is 0 Å². The van der Waals surface area contributed by atoms with Crippen LogP contribution in [0.2, 0.25) is 0 Å². The zero-order valence-electron chi connectivity index (χ0n) is 22.2. The van der Waals surface area contributed by atoms with Crippen molar-refractivity contribution in [1.82, 2.24) is 4.98 Å². The van der Waals surface area contributed by atoms with E-state index in [0.717, 1.165) is 13.0 Å². The van der Waals surface area contributed by atoms with Gasteiger partial charge in [-0.2, -0.15) is 0 Å². The van der Waals surface area contributed by atoms with Crippen molar-refractivity contribution in [2.45, 2.75) is 148 Å². The Balaban J connectivity index is 1.71. The van der Waals surface area contributed by atoms with E-state index >= 15 is 0 Å². The summed E-state index contributed by atoms with van der Waals surface area (Å²) >= 11 is 0. The third-order valence-corrected chi connectivity index (χ3v) is 6.80. The molecule has 5 nitrogen and oxygen atoms in total.